The number of halogens is 1. The molecule has 0 saturated carbocycles. The van der Waals surface area contributed by atoms with E-state index in [9.17, 15) is 8.42 Å². The predicted octanol–water partition coefficient (Wildman–Crippen LogP) is 1.44. The van der Waals surface area contributed by atoms with E-state index in [4.69, 9.17) is 25.8 Å². The van der Waals surface area contributed by atoms with Crippen molar-refractivity contribution in [2.45, 2.75) is 18.3 Å². The van der Waals surface area contributed by atoms with Gasteiger partial charge in [-0.25, -0.2) is 23.0 Å². The zero-order valence-corrected chi connectivity index (χ0v) is 22.0. The standard InChI is InChI=1S/C20H23ClN10O5S/c1-11(15(34-3)16-22-8-12(21)9-23-16)37(32,33)29-20-27-26-17(13-6-7-30(2)28-13)31(20)14-18(35-4)24-10-25-19(14)36-5/h6-11,15H,1-5H3,(H,27,29)/t11-,15-/m0/s1. The molecule has 17 heteroatoms. The van der Waals surface area contributed by atoms with Gasteiger partial charge in [0.1, 0.15) is 23.4 Å². The molecule has 2 atom stereocenters. The number of sulfonamides is 1. The molecule has 0 amide bonds. The number of aryl methyl sites for hydroxylation is 1. The van der Waals surface area contributed by atoms with E-state index >= 15 is 0 Å². The molecule has 0 aromatic carbocycles. The molecule has 0 aliphatic carbocycles. The zero-order chi connectivity index (χ0) is 26.7. The van der Waals surface area contributed by atoms with Crippen molar-refractivity contribution in [3.05, 3.63) is 41.8 Å². The molecule has 0 spiro atoms. The van der Waals surface area contributed by atoms with Crippen molar-refractivity contribution in [2.75, 3.05) is 26.1 Å². The molecule has 4 aromatic heterocycles. The lowest BCUT2D eigenvalue weighted by molar-refractivity contribution is 0.0950. The molecule has 37 heavy (non-hydrogen) atoms. The maximum atomic E-state index is 13.5. The summed E-state index contributed by atoms with van der Waals surface area (Å²) in [5.74, 6) is 0.302. The summed E-state index contributed by atoms with van der Waals surface area (Å²) in [5.41, 5.74) is 0.554. The van der Waals surface area contributed by atoms with E-state index in [1.807, 2.05) is 0 Å². The van der Waals surface area contributed by atoms with Gasteiger partial charge in [-0.15, -0.1) is 10.2 Å². The molecule has 0 fully saturated rings. The third-order valence-electron chi connectivity index (χ3n) is 5.27. The zero-order valence-electron chi connectivity index (χ0n) is 20.4. The van der Waals surface area contributed by atoms with E-state index in [2.05, 4.69) is 40.0 Å². The van der Waals surface area contributed by atoms with Gasteiger partial charge in [0.15, 0.2) is 17.3 Å². The Kier molecular flexibility index (Phi) is 7.51. The topological polar surface area (TPSA) is 174 Å². The number of aromatic nitrogens is 9. The van der Waals surface area contributed by atoms with Crippen LogP contribution in [0.25, 0.3) is 17.2 Å². The maximum absolute atomic E-state index is 13.5. The normalized spacial score (nSPS) is 13.2. The van der Waals surface area contributed by atoms with Gasteiger partial charge in [-0.05, 0) is 13.0 Å². The highest BCUT2D eigenvalue weighted by Gasteiger charge is 2.35. The van der Waals surface area contributed by atoms with Crippen molar-refractivity contribution in [1.82, 2.24) is 44.5 Å². The number of methoxy groups -OCH3 is 3. The molecule has 1 N–H and O–H groups in total. The highest BCUT2D eigenvalue weighted by molar-refractivity contribution is 7.93. The lowest BCUT2D eigenvalue weighted by atomic mass is 10.2. The summed E-state index contributed by atoms with van der Waals surface area (Å²) < 4.78 is 48.7. The van der Waals surface area contributed by atoms with Gasteiger partial charge in [-0.3, -0.25) is 9.40 Å². The molecule has 15 nitrogen and oxygen atoms in total. The van der Waals surface area contributed by atoms with Crippen molar-refractivity contribution in [3.8, 4) is 29.0 Å². The Hall–Kier alpha value is -3.89. The van der Waals surface area contributed by atoms with Crippen LogP contribution in [-0.2, 0) is 21.8 Å². The van der Waals surface area contributed by atoms with Crippen molar-refractivity contribution in [3.63, 3.8) is 0 Å². The molecule has 0 unspecified atom stereocenters. The van der Waals surface area contributed by atoms with Crippen LogP contribution in [-0.4, -0.2) is 79.5 Å². The Morgan fingerprint density at radius 3 is 2.22 bits per heavy atom. The van der Waals surface area contributed by atoms with Crippen molar-refractivity contribution in [1.29, 1.82) is 0 Å². The molecule has 0 aliphatic rings. The minimum atomic E-state index is -4.18. The minimum Gasteiger partial charge on any atom is -0.479 e. The van der Waals surface area contributed by atoms with E-state index < -0.39 is 21.4 Å². The summed E-state index contributed by atoms with van der Waals surface area (Å²) >= 11 is 5.86. The van der Waals surface area contributed by atoms with E-state index in [0.29, 0.717) is 10.7 Å². The Bertz CT molecular complexity index is 1470. The fraction of sp³-hybridized carbons (Fsp3) is 0.350. The van der Waals surface area contributed by atoms with E-state index in [1.54, 1.807) is 24.0 Å². The molecule has 0 saturated heterocycles. The lowest BCUT2D eigenvalue weighted by Crippen LogP contribution is -2.33. The SMILES string of the molecule is COc1ncnc(OC)c1-n1c(NS(=O)(=O)[C@@H](C)[C@H](OC)c2ncc(Cl)cn2)nnc1-c1ccn(C)n1. The third-order valence-corrected chi connectivity index (χ3v) is 7.16. The Labute approximate surface area is 216 Å². The number of ether oxygens (including phenoxy) is 3. The van der Waals surface area contributed by atoms with Crippen LogP contribution in [0.2, 0.25) is 5.02 Å². The first-order valence-electron chi connectivity index (χ1n) is 10.6. The summed E-state index contributed by atoms with van der Waals surface area (Å²) in [6.45, 7) is 1.45. The summed E-state index contributed by atoms with van der Waals surface area (Å²) in [6.07, 6.45) is 4.63. The number of nitrogens with zero attached hydrogens (tertiary/aromatic N) is 9. The molecule has 4 aromatic rings. The molecule has 0 bridgehead atoms. The number of anilines is 1. The third kappa shape index (κ3) is 5.16. The van der Waals surface area contributed by atoms with Gasteiger partial charge < -0.3 is 14.2 Å². The Morgan fingerprint density at radius 2 is 1.68 bits per heavy atom. The summed E-state index contributed by atoms with van der Waals surface area (Å²) in [4.78, 5) is 16.4. The van der Waals surface area contributed by atoms with Gasteiger partial charge >= 0.3 is 0 Å². The molecule has 4 heterocycles. The molecular weight excluding hydrogens is 528 g/mol. The van der Waals surface area contributed by atoms with Crippen LogP contribution < -0.4 is 14.2 Å². The second-order valence-corrected chi connectivity index (χ2v) is 10.0. The fourth-order valence-electron chi connectivity index (χ4n) is 3.46. The number of nitrogens with one attached hydrogen (secondary N) is 1. The predicted molar refractivity (Wildman–Crippen MR) is 131 cm³/mol. The summed E-state index contributed by atoms with van der Waals surface area (Å²) in [5, 5.41) is 11.7. The molecular formula is C20H23ClN10O5S. The quantitative estimate of drug-likeness (QED) is 0.301. The smallest absolute Gasteiger partial charge is 0.245 e. The first-order chi connectivity index (χ1) is 17.7. The van der Waals surface area contributed by atoms with Crippen LogP contribution >= 0.6 is 11.6 Å². The number of hydrogen-bond donors (Lipinski definition) is 1. The average molecular weight is 551 g/mol. The number of hydrogen-bond acceptors (Lipinski definition) is 12. The fourth-order valence-corrected chi connectivity index (χ4v) is 4.69. The van der Waals surface area contributed by atoms with Gasteiger partial charge in [-0.1, -0.05) is 11.6 Å². The van der Waals surface area contributed by atoms with Crippen molar-refractivity contribution < 1.29 is 22.6 Å². The second kappa shape index (κ2) is 10.6. The van der Waals surface area contributed by atoms with Crippen molar-refractivity contribution in [2.24, 2.45) is 7.05 Å². The summed E-state index contributed by atoms with van der Waals surface area (Å²) in [6, 6.07) is 1.68. The minimum absolute atomic E-state index is 0.0849. The van der Waals surface area contributed by atoms with Crippen LogP contribution in [0.3, 0.4) is 0 Å². The van der Waals surface area contributed by atoms with Crippen LogP contribution in [0.4, 0.5) is 5.95 Å². The molecule has 4 rings (SSSR count). The highest BCUT2D eigenvalue weighted by Crippen LogP contribution is 2.35. The van der Waals surface area contributed by atoms with E-state index in [0.717, 1.165) is 0 Å². The van der Waals surface area contributed by atoms with Crippen LogP contribution in [0.1, 0.15) is 18.9 Å². The van der Waals surface area contributed by atoms with Gasteiger partial charge in [0.25, 0.3) is 0 Å². The van der Waals surface area contributed by atoms with Gasteiger partial charge in [0, 0.05) is 32.7 Å². The van der Waals surface area contributed by atoms with Gasteiger partial charge in [0.05, 0.1) is 19.2 Å². The summed E-state index contributed by atoms with van der Waals surface area (Å²) in [7, 11) is 1.71. The molecule has 196 valence electrons. The largest absolute Gasteiger partial charge is 0.479 e. The monoisotopic (exact) mass is 550 g/mol. The lowest BCUT2D eigenvalue weighted by Gasteiger charge is -2.22. The molecule has 0 radical (unpaired) electrons. The Morgan fingerprint density at radius 1 is 1.03 bits per heavy atom. The number of rotatable bonds is 10. The van der Waals surface area contributed by atoms with E-state index in [1.165, 1.54) is 51.5 Å². The van der Waals surface area contributed by atoms with Gasteiger partial charge in [0.2, 0.25) is 27.7 Å². The van der Waals surface area contributed by atoms with Gasteiger partial charge in [-0.2, -0.15) is 15.1 Å². The second-order valence-electron chi connectivity index (χ2n) is 7.57. The maximum Gasteiger partial charge on any atom is 0.245 e. The van der Waals surface area contributed by atoms with Crippen LogP contribution in [0.5, 0.6) is 11.8 Å². The van der Waals surface area contributed by atoms with Crippen LogP contribution in [0, 0.1) is 0 Å². The van der Waals surface area contributed by atoms with Crippen molar-refractivity contribution >= 4 is 27.6 Å². The highest BCUT2D eigenvalue weighted by atomic mass is 35.5. The van der Waals surface area contributed by atoms with E-state index in [-0.39, 0.29) is 35.0 Å². The molecule has 0 aliphatic heterocycles. The first-order valence-corrected chi connectivity index (χ1v) is 12.5. The first kappa shape index (κ1) is 26.2. The average Bonchev–Trinajstić information content (AvgIpc) is 3.50. The van der Waals surface area contributed by atoms with Crippen LogP contribution in [0.15, 0.2) is 31.0 Å². The Balaban J connectivity index is 1.82.